The zero-order chi connectivity index (χ0) is 12.3. The van der Waals surface area contributed by atoms with Crippen molar-refractivity contribution in [3.05, 3.63) is 29.6 Å². The number of amides is 1. The van der Waals surface area contributed by atoms with Gasteiger partial charge in [0.1, 0.15) is 0 Å². The van der Waals surface area contributed by atoms with Crippen molar-refractivity contribution in [2.24, 2.45) is 5.92 Å². The smallest absolute Gasteiger partial charge is 0.253 e. The van der Waals surface area contributed by atoms with E-state index in [2.05, 4.69) is 10.3 Å². The molecule has 1 unspecified atom stereocenters. The first-order chi connectivity index (χ1) is 8.20. The van der Waals surface area contributed by atoms with Gasteiger partial charge >= 0.3 is 0 Å². The van der Waals surface area contributed by atoms with E-state index in [1.165, 1.54) is 0 Å². The molecule has 4 heteroatoms. The topological polar surface area (TPSA) is 45.2 Å². The molecule has 1 atom stereocenters. The number of carbonyl (C=O) groups is 1. The summed E-state index contributed by atoms with van der Waals surface area (Å²) in [6, 6.07) is 3.65. The van der Waals surface area contributed by atoms with E-state index in [0.29, 0.717) is 5.92 Å². The molecule has 0 bridgehead atoms. The molecular weight excluding hydrogens is 214 g/mol. The van der Waals surface area contributed by atoms with Crippen LogP contribution in [0, 0.1) is 12.8 Å². The van der Waals surface area contributed by atoms with Crippen molar-refractivity contribution in [3.63, 3.8) is 0 Å². The Kier molecular flexibility index (Phi) is 3.74. The van der Waals surface area contributed by atoms with Gasteiger partial charge in [-0.3, -0.25) is 9.78 Å². The lowest BCUT2D eigenvalue weighted by molar-refractivity contribution is 0.0787. The normalized spacial score (nSPS) is 19.6. The van der Waals surface area contributed by atoms with Gasteiger partial charge in [0.15, 0.2) is 0 Å². The number of nitrogens with one attached hydrogen (secondary N) is 1. The molecule has 1 fully saturated rings. The minimum Gasteiger partial charge on any atom is -0.338 e. The molecule has 17 heavy (non-hydrogen) atoms. The number of hydrogen-bond donors (Lipinski definition) is 1. The van der Waals surface area contributed by atoms with E-state index in [-0.39, 0.29) is 5.91 Å². The molecule has 0 aromatic carbocycles. The van der Waals surface area contributed by atoms with Gasteiger partial charge in [0.05, 0.1) is 0 Å². The average molecular weight is 233 g/mol. The van der Waals surface area contributed by atoms with E-state index < -0.39 is 0 Å². The Morgan fingerprint density at radius 2 is 2.47 bits per heavy atom. The first kappa shape index (κ1) is 12.0. The third-order valence-electron chi connectivity index (χ3n) is 3.21. The summed E-state index contributed by atoms with van der Waals surface area (Å²) < 4.78 is 0. The van der Waals surface area contributed by atoms with Crippen LogP contribution >= 0.6 is 0 Å². The van der Waals surface area contributed by atoms with Crippen LogP contribution in [0.5, 0.6) is 0 Å². The predicted octanol–water partition coefficient (Wildman–Crippen LogP) is 1.07. The summed E-state index contributed by atoms with van der Waals surface area (Å²) in [5, 5.41) is 3.17. The van der Waals surface area contributed by atoms with Gasteiger partial charge in [-0.15, -0.1) is 0 Å². The quantitative estimate of drug-likeness (QED) is 0.849. The zero-order valence-electron chi connectivity index (χ0n) is 10.4. The van der Waals surface area contributed by atoms with Gasteiger partial charge in [-0.25, -0.2) is 0 Å². The van der Waals surface area contributed by atoms with Crippen molar-refractivity contribution in [2.75, 3.05) is 26.7 Å². The largest absolute Gasteiger partial charge is 0.338 e. The van der Waals surface area contributed by atoms with Crippen LogP contribution in [-0.2, 0) is 0 Å². The lowest BCUT2D eigenvalue weighted by Gasteiger charge is -2.16. The number of hydrogen-bond acceptors (Lipinski definition) is 3. The van der Waals surface area contributed by atoms with Crippen molar-refractivity contribution in [1.29, 1.82) is 0 Å². The molecule has 1 aliphatic rings. The Balaban J connectivity index is 2.02. The molecule has 1 aliphatic heterocycles. The van der Waals surface area contributed by atoms with Crippen molar-refractivity contribution >= 4 is 5.91 Å². The number of nitrogens with zero attached hydrogens (tertiary/aromatic N) is 2. The number of likely N-dealkylation sites (tertiary alicyclic amines) is 1. The molecule has 1 amide bonds. The van der Waals surface area contributed by atoms with E-state index in [4.69, 9.17) is 0 Å². The van der Waals surface area contributed by atoms with E-state index in [1.54, 1.807) is 12.3 Å². The lowest BCUT2D eigenvalue weighted by atomic mass is 10.1. The molecule has 0 spiro atoms. The van der Waals surface area contributed by atoms with Crippen LogP contribution in [-0.4, -0.2) is 42.5 Å². The number of aryl methyl sites for hydroxylation is 1. The first-order valence-electron chi connectivity index (χ1n) is 6.07. The van der Waals surface area contributed by atoms with Crippen LogP contribution in [0.4, 0.5) is 0 Å². The molecular formula is C13H19N3O. The fourth-order valence-electron chi connectivity index (χ4n) is 2.33. The summed E-state index contributed by atoms with van der Waals surface area (Å²) in [7, 11) is 1.96. The highest BCUT2D eigenvalue weighted by Gasteiger charge is 2.26. The summed E-state index contributed by atoms with van der Waals surface area (Å²) in [5.41, 5.74) is 1.64. The molecule has 2 rings (SSSR count). The van der Waals surface area contributed by atoms with Gasteiger partial charge in [0.2, 0.25) is 0 Å². The maximum Gasteiger partial charge on any atom is 0.253 e. The summed E-state index contributed by atoms with van der Waals surface area (Å²) in [5.74, 6) is 0.723. The molecule has 2 heterocycles. The Bertz CT molecular complexity index is 405. The number of carbonyl (C=O) groups excluding carboxylic acids is 1. The molecule has 0 aliphatic carbocycles. The van der Waals surface area contributed by atoms with E-state index in [1.807, 2.05) is 24.9 Å². The van der Waals surface area contributed by atoms with Gasteiger partial charge < -0.3 is 10.2 Å². The minimum absolute atomic E-state index is 0.133. The van der Waals surface area contributed by atoms with Crippen molar-refractivity contribution in [2.45, 2.75) is 13.3 Å². The van der Waals surface area contributed by atoms with Gasteiger partial charge in [-0.1, -0.05) is 0 Å². The van der Waals surface area contributed by atoms with Crippen molar-refractivity contribution in [1.82, 2.24) is 15.2 Å². The maximum absolute atomic E-state index is 12.2. The predicted molar refractivity (Wildman–Crippen MR) is 66.9 cm³/mol. The average Bonchev–Trinajstić information content (AvgIpc) is 2.77. The van der Waals surface area contributed by atoms with Crippen LogP contribution in [0.15, 0.2) is 18.3 Å². The highest BCUT2D eigenvalue weighted by atomic mass is 16.2. The molecule has 4 nitrogen and oxygen atoms in total. The highest BCUT2D eigenvalue weighted by molar-refractivity contribution is 5.94. The van der Waals surface area contributed by atoms with Gasteiger partial charge in [0, 0.05) is 30.5 Å². The van der Waals surface area contributed by atoms with Crippen LogP contribution in [0.3, 0.4) is 0 Å². The number of pyridine rings is 1. The second kappa shape index (κ2) is 5.27. The molecule has 0 radical (unpaired) electrons. The van der Waals surface area contributed by atoms with Gasteiger partial charge in [0.25, 0.3) is 5.91 Å². The van der Waals surface area contributed by atoms with E-state index in [0.717, 1.165) is 37.3 Å². The summed E-state index contributed by atoms with van der Waals surface area (Å²) in [4.78, 5) is 18.3. The molecule has 0 saturated carbocycles. The standard InChI is InChI=1S/C13H19N3O/c1-10-7-12(3-5-15-10)13(17)16-6-4-11(9-16)8-14-2/h3,5,7,11,14H,4,6,8-9H2,1-2H3. The maximum atomic E-state index is 12.2. The van der Waals surface area contributed by atoms with Crippen LogP contribution in [0.2, 0.25) is 0 Å². The van der Waals surface area contributed by atoms with Crippen LogP contribution < -0.4 is 5.32 Å². The summed E-state index contributed by atoms with van der Waals surface area (Å²) in [6.07, 6.45) is 2.79. The molecule has 1 aromatic heterocycles. The second-order valence-electron chi connectivity index (χ2n) is 4.65. The lowest BCUT2D eigenvalue weighted by Crippen LogP contribution is -2.30. The van der Waals surface area contributed by atoms with Gasteiger partial charge in [-0.05, 0) is 45.0 Å². The monoisotopic (exact) mass is 233 g/mol. The third-order valence-corrected chi connectivity index (χ3v) is 3.21. The Morgan fingerprint density at radius 1 is 1.65 bits per heavy atom. The Hall–Kier alpha value is -1.42. The first-order valence-corrected chi connectivity index (χ1v) is 6.07. The zero-order valence-corrected chi connectivity index (χ0v) is 10.4. The van der Waals surface area contributed by atoms with Crippen LogP contribution in [0.25, 0.3) is 0 Å². The highest BCUT2D eigenvalue weighted by Crippen LogP contribution is 2.18. The van der Waals surface area contributed by atoms with Crippen molar-refractivity contribution in [3.8, 4) is 0 Å². The fourth-order valence-corrected chi connectivity index (χ4v) is 2.33. The SMILES string of the molecule is CNCC1CCN(C(=O)c2ccnc(C)c2)C1. The number of rotatable bonds is 3. The van der Waals surface area contributed by atoms with Crippen LogP contribution in [0.1, 0.15) is 22.5 Å². The third kappa shape index (κ3) is 2.82. The van der Waals surface area contributed by atoms with Gasteiger partial charge in [-0.2, -0.15) is 0 Å². The van der Waals surface area contributed by atoms with E-state index in [9.17, 15) is 4.79 Å². The van der Waals surface area contributed by atoms with Crippen molar-refractivity contribution < 1.29 is 4.79 Å². The Morgan fingerprint density at radius 3 is 3.18 bits per heavy atom. The van der Waals surface area contributed by atoms with E-state index >= 15 is 0 Å². The minimum atomic E-state index is 0.133. The Labute approximate surface area is 102 Å². The number of aromatic nitrogens is 1. The fraction of sp³-hybridized carbons (Fsp3) is 0.538. The molecule has 1 saturated heterocycles. The molecule has 1 aromatic rings. The summed E-state index contributed by atoms with van der Waals surface area (Å²) in [6.45, 7) is 4.62. The molecule has 92 valence electrons. The second-order valence-corrected chi connectivity index (χ2v) is 4.65. The molecule has 1 N–H and O–H groups in total. The summed E-state index contributed by atoms with van der Waals surface area (Å²) >= 11 is 0.